The maximum atomic E-state index is 13.8. The first-order valence-corrected chi connectivity index (χ1v) is 14.4. The maximum Gasteiger partial charge on any atom is 0.253 e. The standard InChI is InChI=1S/C33H36N6O/c1-24-17-18-30-27(21-24)22-29(33(40)34-30)31(32-35-36-37-39(32)28-15-9-4-10-16-28)38(23-26-13-7-3-8-14-26)20-19-25-11-5-2-6-12-25/h2-3,5-8,11-14,17-18,21-22,28,31H,4,9-10,15-16,19-20,23H2,1H3,(H,34,40)/t31-/m0/s1. The van der Waals surface area contributed by atoms with Gasteiger partial charge in [0.25, 0.3) is 5.56 Å². The molecule has 0 spiro atoms. The van der Waals surface area contributed by atoms with Crippen LogP contribution in [0.25, 0.3) is 10.9 Å². The second kappa shape index (κ2) is 12.0. The van der Waals surface area contributed by atoms with E-state index in [0.29, 0.717) is 12.1 Å². The lowest BCUT2D eigenvalue weighted by Gasteiger charge is -2.33. The quantitative estimate of drug-likeness (QED) is 0.246. The zero-order valence-corrected chi connectivity index (χ0v) is 23.0. The summed E-state index contributed by atoms with van der Waals surface area (Å²) in [5.41, 5.74) is 5.01. The third-order valence-electron chi connectivity index (χ3n) is 8.13. The number of nitrogens with zero attached hydrogens (tertiary/aromatic N) is 5. The molecule has 0 unspecified atom stereocenters. The molecule has 1 aliphatic rings. The Balaban J connectivity index is 1.49. The van der Waals surface area contributed by atoms with Crippen LogP contribution in [-0.4, -0.2) is 36.6 Å². The largest absolute Gasteiger partial charge is 0.322 e. The van der Waals surface area contributed by atoms with Gasteiger partial charge in [0, 0.05) is 24.2 Å². The van der Waals surface area contributed by atoms with E-state index in [1.807, 2.05) is 35.0 Å². The van der Waals surface area contributed by atoms with Crippen LogP contribution in [0.3, 0.4) is 0 Å². The summed E-state index contributed by atoms with van der Waals surface area (Å²) in [7, 11) is 0. The number of H-pyrrole nitrogens is 1. The summed E-state index contributed by atoms with van der Waals surface area (Å²) in [5.74, 6) is 0.744. The summed E-state index contributed by atoms with van der Waals surface area (Å²) in [5, 5.41) is 14.3. The molecule has 0 radical (unpaired) electrons. The molecule has 1 atom stereocenters. The number of nitrogens with one attached hydrogen (secondary N) is 1. The van der Waals surface area contributed by atoms with Crippen molar-refractivity contribution in [1.29, 1.82) is 0 Å². The van der Waals surface area contributed by atoms with Gasteiger partial charge in [0.1, 0.15) is 6.04 Å². The Bertz CT molecular complexity index is 1600. The minimum absolute atomic E-state index is 0.0997. The van der Waals surface area contributed by atoms with Crippen LogP contribution < -0.4 is 5.56 Å². The van der Waals surface area contributed by atoms with E-state index in [1.165, 1.54) is 30.4 Å². The smallest absolute Gasteiger partial charge is 0.253 e. The number of pyridine rings is 1. The first-order chi connectivity index (χ1) is 19.7. The summed E-state index contributed by atoms with van der Waals surface area (Å²) >= 11 is 0. The van der Waals surface area contributed by atoms with Crippen LogP contribution in [0.15, 0.2) is 89.7 Å². The molecule has 1 aliphatic carbocycles. The topological polar surface area (TPSA) is 79.7 Å². The zero-order chi connectivity index (χ0) is 27.3. The van der Waals surface area contributed by atoms with E-state index in [0.717, 1.165) is 48.1 Å². The second-order valence-corrected chi connectivity index (χ2v) is 11.0. The van der Waals surface area contributed by atoms with E-state index >= 15 is 0 Å². The highest BCUT2D eigenvalue weighted by atomic mass is 16.1. The number of fused-ring (bicyclic) bond motifs is 1. The average molecular weight is 533 g/mol. The third-order valence-corrected chi connectivity index (χ3v) is 8.13. The van der Waals surface area contributed by atoms with E-state index in [-0.39, 0.29) is 11.6 Å². The molecular weight excluding hydrogens is 496 g/mol. The lowest BCUT2D eigenvalue weighted by atomic mass is 9.95. The van der Waals surface area contributed by atoms with Crippen LogP contribution >= 0.6 is 0 Å². The van der Waals surface area contributed by atoms with Crippen molar-refractivity contribution in [1.82, 2.24) is 30.1 Å². The van der Waals surface area contributed by atoms with Gasteiger partial charge < -0.3 is 4.98 Å². The molecule has 5 aromatic rings. The number of aromatic nitrogens is 5. The predicted molar refractivity (Wildman–Crippen MR) is 158 cm³/mol. The molecule has 0 amide bonds. The number of hydrogen-bond acceptors (Lipinski definition) is 5. The van der Waals surface area contributed by atoms with Gasteiger partial charge >= 0.3 is 0 Å². The van der Waals surface area contributed by atoms with Gasteiger partial charge in [0.2, 0.25) is 0 Å². The van der Waals surface area contributed by atoms with E-state index in [4.69, 9.17) is 0 Å². The number of rotatable bonds is 9. The summed E-state index contributed by atoms with van der Waals surface area (Å²) in [6, 6.07) is 29.0. The first-order valence-electron chi connectivity index (χ1n) is 14.4. The summed E-state index contributed by atoms with van der Waals surface area (Å²) < 4.78 is 2.02. The lowest BCUT2D eigenvalue weighted by Crippen LogP contribution is -2.37. The highest BCUT2D eigenvalue weighted by molar-refractivity contribution is 5.79. The average Bonchev–Trinajstić information content (AvgIpc) is 3.47. The molecule has 0 aliphatic heterocycles. The van der Waals surface area contributed by atoms with Crippen LogP contribution in [0.1, 0.15) is 72.3 Å². The molecule has 2 heterocycles. The van der Waals surface area contributed by atoms with Crippen molar-refractivity contribution in [3.8, 4) is 0 Å². The van der Waals surface area contributed by atoms with Crippen molar-refractivity contribution >= 4 is 10.9 Å². The monoisotopic (exact) mass is 532 g/mol. The minimum atomic E-state index is -0.408. The molecular formula is C33H36N6O. The van der Waals surface area contributed by atoms with Gasteiger partial charge in [-0.2, -0.15) is 0 Å². The Morgan fingerprint density at radius 2 is 1.65 bits per heavy atom. The number of tetrazole rings is 1. The Labute approximate surface area is 234 Å². The molecule has 204 valence electrons. The fourth-order valence-electron chi connectivity index (χ4n) is 6.05. The van der Waals surface area contributed by atoms with E-state index in [1.54, 1.807) is 0 Å². The first kappa shape index (κ1) is 26.1. The van der Waals surface area contributed by atoms with Crippen LogP contribution in [-0.2, 0) is 13.0 Å². The van der Waals surface area contributed by atoms with Gasteiger partial charge in [-0.05, 0) is 71.3 Å². The third kappa shape index (κ3) is 5.75. The molecule has 3 aromatic carbocycles. The SMILES string of the molecule is Cc1ccc2[nH]c(=O)c([C@@H](c3nnnn3C3CCCCC3)N(CCc3ccccc3)Cc3ccccc3)cc2c1. The highest BCUT2D eigenvalue weighted by Crippen LogP contribution is 2.34. The van der Waals surface area contributed by atoms with Crippen molar-refractivity contribution < 1.29 is 0 Å². The molecule has 1 fully saturated rings. The summed E-state index contributed by atoms with van der Waals surface area (Å²) in [4.78, 5) is 19.3. The van der Waals surface area contributed by atoms with Gasteiger partial charge in [-0.15, -0.1) is 5.10 Å². The van der Waals surface area contributed by atoms with Gasteiger partial charge in [0.15, 0.2) is 5.82 Å². The van der Waals surface area contributed by atoms with Crippen molar-refractivity contribution in [3.63, 3.8) is 0 Å². The Morgan fingerprint density at radius 3 is 2.40 bits per heavy atom. The van der Waals surface area contributed by atoms with Gasteiger partial charge in [-0.1, -0.05) is 91.6 Å². The molecule has 0 saturated heterocycles. The number of hydrogen-bond donors (Lipinski definition) is 1. The normalized spacial score (nSPS) is 15.1. The van der Waals surface area contributed by atoms with E-state index in [9.17, 15) is 4.79 Å². The summed E-state index contributed by atoms with van der Waals surface area (Å²) in [6.07, 6.45) is 6.55. The van der Waals surface area contributed by atoms with Gasteiger partial charge in [-0.25, -0.2) is 4.68 Å². The van der Waals surface area contributed by atoms with Crippen LogP contribution in [0.5, 0.6) is 0 Å². The molecule has 2 aromatic heterocycles. The Kier molecular flexibility index (Phi) is 7.82. The van der Waals surface area contributed by atoms with Crippen LogP contribution in [0.2, 0.25) is 0 Å². The molecule has 0 bridgehead atoms. The maximum absolute atomic E-state index is 13.8. The molecule has 1 N–H and O–H groups in total. The minimum Gasteiger partial charge on any atom is -0.322 e. The van der Waals surface area contributed by atoms with Crippen LogP contribution in [0.4, 0.5) is 0 Å². The van der Waals surface area contributed by atoms with E-state index < -0.39 is 6.04 Å². The molecule has 6 rings (SSSR count). The second-order valence-electron chi connectivity index (χ2n) is 11.0. The van der Waals surface area contributed by atoms with Crippen LogP contribution in [0, 0.1) is 6.92 Å². The highest BCUT2D eigenvalue weighted by Gasteiger charge is 2.33. The number of benzene rings is 3. The van der Waals surface area contributed by atoms with Crippen molar-refractivity contribution in [3.05, 3.63) is 123 Å². The molecule has 7 heteroatoms. The Morgan fingerprint density at radius 1 is 0.925 bits per heavy atom. The number of aromatic amines is 1. The lowest BCUT2D eigenvalue weighted by molar-refractivity contribution is 0.197. The summed E-state index contributed by atoms with van der Waals surface area (Å²) in [6.45, 7) is 3.49. The number of aryl methyl sites for hydroxylation is 1. The predicted octanol–water partition coefficient (Wildman–Crippen LogP) is 6.16. The Hall–Kier alpha value is -4.10. The van der Waals surface area contributed by atoms with Crippen molar-refractivity contribution in [2.75, 3.05) is 6.54 Å². The molecule has 40 heavy (non-hydrogen) atoms. The van der Waals surface area contributed by atoms with Gasteiger partial charge in [-0.3, -0.25) is 9.69 Å². The van der Waals surface area contributed by atoms with Gasteiger partial charge in [0.05, 0.1) is 6.04 Å². The zero-order valence-electron chi connectivity index (χ0n) is 23.0. The fourth-order valence-corrected chi connectivity index (χ4v) is 6.05. The molecule has 7 nitrogen and oxygen atoms in total. The van der Waals surface area contributed by atoms with Crippen molar-refractivity contribution in [2.24, 2.45) is 0 Å². The molecule has 1 saturated carbocycles. The van der Waals surface area contributed by atoms with Crippen molar-refractivity contribution in [2.45, 2.75) is 64.1 Å². The van der Waals surface area contributed by atoms with E-state index in [2.05, 4.69) is 86.9 Å². The fraction of sp³-hybridized carbons (Fsp3) is 0.333.